The van der Waals surface area contributed by atoms with Gasteiger partial charge in [-0.15, -0.1) is 0 Å². The van der Waals surface area contributed by atoms with Gasteiger partial charge in [-0.2, -0.15) is 0 Å². The van der Waals surface area contributed by atoms with Crippen LogP contribution in [0.4, 0.5) is 10.8 Å². The van der Waals surface area contributed by atoms with Crippen molar-refractivity contribution in [2.45, 2.75) is 4.90 Å². The highest BCUT2D eigenvalue weighted by molar-refractivity contribution is 7.93. The summed E-state index contributed by atoms with van der Waals surface area (Å²) in [5.41, 5.74) is 6.77. The van der Waals surface area contributed by atoms with Crippen LogP contribution in [0.15, 0.2) is 53.4 Å². The van der Waals surface area contributed by atoms with E-state index in [9.17, 15) is 8.42 Å². The number of para-hydroxylation sites is 1. The molecule has 0 saturated carbocycles. The first-order valence-corrected chi connectivity index (χ1v) is 8.08. The van der Waals surface area contributed by atoms with Crippen molar-refractivity contribution < 1.29 is 8.42 Å². The summed E-state index contributed by atoms with van der Waals surface area (Å²) < 4.78 is 27.9. The number of nitrogens with one attached hydrogen (secondary N) is 1. The van der Waals surface area contributed by atoms with Crippen LogP contribution in [0.3, 0.4) is 0 Å². The molecule has 0 aliphatic carbocycles. The number of thiazole rings is 1. The zero-order chi connectivity index (χ0) is 14.2. The van der Waals surface area contributed by atoms with Gasteiger partial charge in [0.15, 0.2) is 5.13 Å². The summed E-state index contributed by atoms with van der Waals surface area (Å²) in [7, 11) is -3.67. The molecule has 0 atom stereocenters. The Balaban J connectivity index is 1.97. The number of rotatable bonds is 3. The molecule has 3 aromatic rings. The highest BCUT2D eigenvalue weighted by Gasteiger charge is 2.16. The fourth-order valence-electron chi connectivity index (χ4n) is 1.77. The van der Waals surface area contributed by atoms with Crippen molar-refractivity contribution in [2.75, 3.05) is 10.5 Å². The van der Waals surface area contributed by atoms with Crippen LogP contribution in [-0.2, 0) is 10.0 Å². The molecule has 0 aliphatic heterocycles. The fraction of sp³-hybridized carbons (Fsp3) is 0. The van der Waals surface area contributed by atoms with Crippen molar-refractivity contribution >= 4 is 42.4 Å². The molecule has 0 radical (unpaired) electrons. The average molecular weight is 305 g/mol. The molecule has 20 heavy (non-hydrogen) atoms. The van der Waals surface area contributed by atoms with E-state index in [4.69, 9.17) is 5.73 Å². The molecule has 102 valence electrons. The third kappa shape index (κ3) is 2.45. The van der Waals surface area contributed by atoms with Crippen LogP contribution in [-0.4, -0.2) is 13.4 Å². The summed E-state index contributed by atoms with van der Waals surface area (Å²) in [6.07, 6.45) is 0. The molecule has 3 N–H and O–H groups in total. The lowest BCUT2D eigenvalue weighted by Crippen LogP contribution is -2.12. The zero-order valence-corrected chi connectivity index (χ0v) is 11.9. The van der Waals surface area contributed by atoms with Gasteiger partial charge in [0.1, 0.15) is 0 Å². The molecule has 1 heterocycles. The van der Waals surface area contributed by atoms with E-state index in [1.165, 1.54) is 23.5 Å². The molecule has 0 spiro atoms. The second-order valence-corrected chi connectivity index (χ2v) is 6.88. The van der Waals surface area contributed by atoms with E-state index in [0.29, 0.717) is 10.8 Å². The Morgan fingerprint density at radius 2 is 1.90 bits per heavy atom. The van der Waals surface area contributed by atoms with E-state index in [1.807, 2.05) is 24.3 Å². The molecule has 5 nitrogen and oxygen atoms in total. The van der Waals surface area contributed by atoms with Crippen LogP contribution in [0.25, 0.3) is 10.2 Å². The van der Waals surface area contributed by atoms with E-state index in [0.717, 1.165) is 10.2 Å². The minimum atomic E-state index is -3.67. The number of nitrogens with zero attached hydrogens (tertiary/aromatic N) is 1. The number of hydrogen-bond donors (Lipinski definition) is 2. The summed E-state index contributed by atoms with van der Waals surface area (Å²) in [6.45, 7) is 0. The minimum Gasteiger partial charge on any atom is -0.399 e. The topological polar surface area (TPSA) is 85.1 Å². The van der Waals surface area contributed by atoms with Crippen LogP contribution < -0.4 is 10.5 Å². The third-order valence-corrected chi connectivity index (χ3v) is 5.10. The quantitative estimate of drug-likeness (QED) is 0.729. The second-order valence-electron chi connectivity index (χ2n) is 4.16. The Kier molecular flexibility index (Phi) is 3.07. The van der Waals surface area contributed by atoms with Gasteiger partial charge in [-0.3, -0.25) is 4.72 Å². The van der Waals surface area contributed by atoms with Crippen molar-refractivity contribution in [1.29, 1.82) is 0 Å². The number of benzene rings is 2. The van der Waals surface area contributed by atoms with E-state index < -0.39 is 10.0 Å². The molecule has 2 aromatic carbocycles. The van der Waals surface area contributed by atoms with E-state index >= 15 is 0 Å². The number of hydrogen-bond acceptors (Lipinski definition) is 5. The van der Waals surface area contributed by atoms with Gasteiger partial charge in [0, 0.05) is 5.69 Å². The smallest absolute Gasteiger partial charge is 0.263 e. The van der Waals surface area contributed by atoms with Gasteiger partial charge in [-0.25, -0.2) is 13.4 Å². The summed E-state index contributed by atoms with van der Waals surface area (Å²) >= 11 is 1.29. The Labute approximate surface area is 120 Å². The second kappa shape index (κ2) is 4.77. The van der Waals surface area contributed by atoms with Gasteiger partial charge in [0.2, 0.25) is 0 Å². The van der Waals surface area contributed by atoms with Crippen molar-refractivity contribution in [3.8, 4) is 0 Å². The lowest BCUT2D eigenvalue weighted by atomic mass is 10.3. The molecule has 0 bridgehead atoms. The van der Waals surface area contributed by atoms with Gasteiger partial charge < -0.3 is 5.73 Å². The van der Waals surface area contributed by atoms with Crippen molar-refractivity contribution in [3.05, 3.63) is 48.5 Å². The molecular weight excluding hydrogens is 294 g/mol. The first-order chi connectivity index (χ1) is 9.54. The SMILES string of the molecule is Nc1cccc(S(=O)(=O)Nc2nc3ccccc3s2)c1. The lowest BCUT2D eigenvalue weighted by Gasteiger charge is -2.05. The van der Waals surface area contributed by atoms with Crippen molar-refractivity contribution in [2.24, 2.45) is 0 Å². The Morgan fingerprint density at radius 3 is 2.65 bits per heavy atom. The number of nitrogen functional groups attached to an aromatic ring is 1. The highest BCUT2D eigenvalue weighted by atomic mass is 32.2. The summed E-state index contributed by atoms with van der Waals surface area (Å²) in [5, 5.41) is 0.341. The largest absolute Gasteiger partial charge is 0.399 e. The predicted molar refractivity (Wildman–Crippen MR) is 81.3 cm³/mol. The lowest BCUT2D eigenvalue weighted by molar-refractivity contribution is 0.601. The van der Waals surface area contributed by atoms with Crippen LogP contribution in [0.1, 0.15) is 0 Å². The predicted octanol–water partition coefficient (Wildman–Crippen LogP) is 2.68. The van der Waals surface area contributed by atoms with Crippen molar-refractivity contribution in [1.82, 2.24) is 4.98 Å². The maximum Gasteiger partial charge on any atom is 0.263 e. The van der Waals surface area contributed by atoms with Crippen LogP contribution in [0, 0.1) is 0 Å². The first kappa shape index (κ1) is 12.9. The summed E-state index contributed by atoms with van der Waals surface area (Å²) in [5.74, 6) is 0. The Morgan fingerprint density at radius 1 is 1.10 bits per heavy atom. The van der Waals surface area contributed by atoms with Gasteiger partial charge in [-0.05, 0) is 30.3 Å². The molecule has 7 heteroatoms. The Bertz CT molecular complexity index is 839. The minimum absolute atomic E-state index is 0.122. The standard InChI is InChI=1S/C13H11N3O2S2/c14-9-4-3-5-10(8-9)20(17,18)16-13-15-11-6-1-2-7-12(11)19-13/h1-8H,14H2,(H,15,16). The fourth-order valence-corrected chi connectivity index (χ4v) is 3.93. The third-order valence-electron chi connectivity index (χ3n) is 2.68. The number of aromatic nitrogens is 1. The number of anilines is 2. The first-order valence-electron chi connectivity index (χ1n) is 5.78. The summed E-state index contributed by atoms with van der Waals surface area (Å²) in [4.78, 5) is 4.36. The van der Waals surface area contributed by atoms with Gasteiger partial charge >= 0.3 is 0 Å². The number of nitrogens with two attached hydrogens (primary N) is 1. The molecule has 0 saturated heterocycles. The van der Waals surface area contributed by atoms with Crippen LogP contribution in [0.5, 0.6) is 0 Å². The number of fused-ring (bicyclic) bond motifs is 1. The highest BCUT2D eigenvalue weighted by Crippen LogP contribution is 2.27. The monoisotopic (exact) mass is 305 g/mol. The molecule has 3 rings (SSSR count). The molecule has 0 amide bonds. The van der Waals surface area contributed by atoms with E-state index in [2.05, 4.69) is 9.71 Å². The molecule has 0 fully saturated rings. The normalized spacial score (nSPS) is 11.6. The van der Waals surface area contributed by atoms with Crippen LogP contribution >= 0.6 is 11.3 Å². The molecule has 0 unspecified atom stereocenters. The molecular formula is C13H11N3O2S2. The maximum atomic E-state index is 12.2. The summed E-state index contributed by atoms with van der Waals surface area (Å²) in [6, 6.07) is 13.6. The Hall–Kier alpha value is -2.12. The van der Waals surface area contributed by atoms with Gasteiger partial charge in [0.25, 0.3) is 10.0 Å². The average Bonchev–Trinajstić information content (AvgIpc) is 2.80. The van der Waals surface area contributed by atoms with E-state index in [1.54, 1.807) is 12.1 Å². The van der Waals surface area contributed by atoms with Gasteiger partial charge in [0.05, 0.1) is 15.1 Å². The van der Waals surface area contributed by atoms with Gasteiger partial charge in [-0.1, -0.05) is 29.5 Å². The number of sulfonamides is 1. The maximum absolute atomic E-state index is 12.2. The molecule has 0 aliphatic rings. The van der Waals surface area contributed by atoms with E-state index in [-0.39, 0.29) is 4.90 Å². The van der Waals surface area contributed by atoms with Crippen LogP contribution in [0.2, 0.25) is 0 Å². The zero-order valence-electron chi connectivity index (χ0n) is 10.3. The molecule has 1 aromatic heterocycles. The van der Waals surface area contributed by atoms with Crippen molar-refractivity contribution in [3.63, 3.8) is 0 Å².